The van der Waals surface area contributed by atoms with Crippen LogP contribution in [0.4, 0.5) is 11.6 Å². The van der Waals surface area contributed by atoms with Gasteiger partial charge in [-0.1, -0.05) is 6.92 Å². The number of rotatable bonds is 5. The van der Waals surface area contributed by atoms with E-state index in [-0.39, 0.29) is 17.9 Å². The molecule has 1 aromatic heterocycles. The number of hydrogen-bond acceptors (Lipinski definition) is 5. The van der Waals surface area contributed by atoms with Gasteiger partial charge in [0.1, 0.15) is 0 Å². The Morgan fingerprint density at radius 2 is 1.92 bits per heavy atom. The van der Waals surface area contributed by atoms with Gasteiger partial charge in [0.05, 0.1) is 4.47 Å². The number of hydrogen-bond donors (Lipinski definition) is 2. The van der Waals surface area contributed by atoms with Gasteiger partial charge in [0.25, 0.3) is 5.91 Å². The van der Waals surface area contributed by atoms with Crippen molar-refractivity contribution in [1.82, 2.24) is 14.9 Å². The summed E-state index contributed by atoms with van der Waals surface area (Å²) < 4.78 is 0.824. The monoisotopic (exact) mass is 417 g/mol. The maximum absolute atomic E-state index is 12.7. The molecule has 0 spiro atoms. The van der Waals surface area contributed by atoms with Gasteiger partial charge in [0.15, 0.2) is 0 Å². The van der Waals surface area contributed by atoms with Gasteiger partial charge in [-0.05, 0) is 46.6 Å². The highest BCUT2D eigenvalue weighted by Gasteiger charge is 2.27. The van der Waals surface area contributed by atoms with E-state index < -0.39 is 0 Å². The number of amides is 2. The van der Waals surface area contributed by atoms with Gasteiger partial charge in [-0.2, -0.15) is 0 Å². The van der Waals surface area contributed by atoms with Crippen LogP contribution in [-0.2, 0) is 4.79 Å². The highest BCUT2D eigenvalue weighted by Crippen LogP contribution is 2.18. The minimum atomic E-state index is -0.0484. The summed E-state index contributed by atoms with van der Waals surface area (Å²) in [7, 11) is 0. The van der Waals surface area contributed by atoms with Gasteiger partial charge >= 0.3 is 0 Å². The van der Waals surface area contributed by atoms with E-state index in [0.29, 0.717) is 36.7 Å². The van der Waals surface area contributed by atoms with Crippen molar-refractivity contribution in [3.8, 4) is 0 Å². The Morgan fingerprint density at radius 1 is 1.23 bits per heavy atom. The molecule has 1 saturated heterocycles. The summed E-state index contributed by atoms with van der Waals surface area (Å²) in [6, 6.07) is 7.12. The second-order valence-corrected chi connectivity index (χ2v) is 7.00. The van der Waals surface area contributed by atoms with Crippen LogP contribution in [0.5, 0.6) is 0 Å². The van der Waals surface area contributed by atoms with Crippen molar-refractivity contribution in [2.24, 2.45) is 0 Å². The molecule has 2 N–H and O–H groups in total. The SMILES string of the molecule is CCC(=O)Nc1ccc(C(=O)N2CC[C@@H](Nc3ncc(Br)cn3)C2)cc1. The Labute approximate surface area is 160 Å². The van der Waals surface area contributed by atoms with Crippen LogP contribution in [0, 0.1) is 0 Å². The zero-order valence-electron chi connectivity index (χ0n) is 14.4. The first-order valence-corrected chi connectivity index (χ1v) is 9.27. The Bertz CT molecular complexity index is 779. The van der Waals surface area contributed by atoms with Gasteiger partial charge in [0, 0.05) is 49.2 Å². The van der Waals surface area contributed by atoms with Crippen molar-refractivity contribution in [3.63, 3.8) is 0 Å². The number of aromatic nitrogens is 2. The molecule has 26 heavy (non-hydrogen) atoms. The molecule has 0 unspecified atom stereocenters. The molecular weight excluding hydrogens is 398 g/mol. The summed E-state index contributed by atoms with van der Waals surface area (Å²) in [5.41, 5.74) is 1.31. The molecule has 2 heterocycles. The van der Waals surface area contributed by atoms with Crippen LogP contribution in [0.15, 0.2) is 41.1 Å². The van der Waals surface area contributed by atoms with E-state index in [4.69, 9.17) is 0 Å². The predicted molar refractivity (Wildman–Crippen MR) is 103 cm³/mol. The molecule has 7 nitrogen and oxygen atoms in total. The molecule has 2 amide bonds. The van der Waals surface area contributed by atoms with E-state index in [1.54, 1.807) is 43.6 Å². The minimum Gasteiger partial charge on any atom is -0.350 e. The van der Waals surface area contributed by atoms with Crippen LogP contribution < -0.4 is 10.6 Å². The number of halogens is 1. The maximum atomic E-state index is 12.7. The van der Waals surface area contributed by atoms with Gasteiger partial charge in [0.2, 0.25) is 11.9 Å². The van der Waals surface area contributed by atoms with Gasteiger partial charge in [-0.25, -0.2) is 9.97 Å². The molecular formula is C18H20BrN5O2. The molecule has 0 saturated carbocycles. The third-order valence-electron chi connectivity index (χ3n) is 4.17. The fourth-order valence-corrected chi connectivity index (χ4v) is 2.96. The Hall–Kier alpha value is -2.48. The van der Waals surface area contributed by atoms with Gasteiger partial charge in [-0.15, -0.1) is 0 Å². The highest BCUT2D eigenvalue weighted by atomic mass is 79.9. The van der Waals surface area contributed by atoms with E-state index in [1.165, 1.54) is 0 Å². The van der Waals surface area contributed by atoms with Crippen molar-refractivity contribution >= 4 is 39.4 Å². The Balaban J connectivity index is 1.57. The van der Waals surface area contributed by atoms with Gasteiger partial charge in [-0.3, -0.25) is 9.59 Å². The molecule has 1 atom stereocenters. The number of anilines is 2. The molecule has 3 rings (SSSR count). The summed E-state index contributed by atoms with van der Waals surface area (Å²) in [5, 5.41) is 6.03. The third-order valence-corrected chi connectivity index (χ3v) is 4.58. The first kappa shape index (κ1) is 18.3. The Kier molecular flexibility index (Phi) is 5.82. The molecule has 1 fully saturated rings. The second-order valence-electron chi connectivity index (χ2n) is 6.09. The first-order chi connectivity index (χ1) is 12.5. The lowest BCUT2D eigenvalue weighted by Crippen LogP contribution is -2.31. The van der Waals surface area contributed by atoms with E-state index in [2.05, 4.69) is 36.5 Å². The standard InChI is InChI=1S/C18H20BrN5O2/c1-2-16(25)22-14-5-3-12(4-6-14)17(26)24-8-7-15(11-24)23-18-20-9-13(19)10-21-18/h3-6,9-10,15H,2,7-8,11H2,1H3,(H,22,25)(H,20,21,23)/t15-/m1/s1. The molecule has 136 valence electrons. The van der Waals surface area contributed by atoms with Crippen molar-refractivity contribution in [1.29, 1.82) is 0 Å². The van der Waals surface area contributed by atoms with Gasteiger partial charge < -0.3 is 15.5 Å². The van der Waals surface area contributed by atoms with Crippen LogP contribution in [0.1, 0.15) is 30.1 Å². The summed E-state index contributed by atoms with van der Waals surface area (Å²) in [6.45, 7) is 3.08. The summed E-state index contributed by atoms with van der Waals surface area (Å²) in [6.07, 6.45) is 4.64. The molecule has 0 radical (unpaired) electrons. The average Bonchev–Trinajstić information content (AvgIpc) is 3.12. The van der Waals surface area contributed by atoms with Crippen molar-refractivity contribution < 1.29 is 9.59 Å². The molecule has 1 aliphatic heterocycles. The molecule has 8 heteroatoms. The largest absolute Gasteiger partial charge is 0.350 e. The lowest BCUT2D eigenvalue weighted by molar-refractivity contribution is -0.115. The van der Waals surface area contributed by atoms with Crippen LogP contribution in [0.25, 0.3) is 0 Å². The normalized spacial score (nSPS) is 16.4. The maximum Gasteiger partial charge on any atom is 0.253 e. The van der Waals surface area contributed by atoms with E-state index in [1.807, 2.05) is 4.90 Å². The fraction of sp³-hybridized carbons (Fsp3) is 0.333. The molecule has 0 aliphatic carbocycles. The van der Waals surface area contributed by atoms with Crippen LogP contribution in [-0.4, -0.2) is 45.8 Å². The number of carbonyl (C=O) groups is 2. The quantitative estimate of drug-likeness (QED) is 0.780. The van der Waals surface area contributed by atoms with Crippen molar-refractivity contribution in [2.45, 2.75) is 25.8 Å². The molecule has 2 aromatic rings. The lowest BCUT2D eigenvalue weighted by atomic mass is 10.2. The topological polar surface area (TPSA) is 87.2 Å². The molecule has 0 bridgehead atoms. The first-order valence-electron chi connectivity index (χ1n) is 8.48. The summed E-state index contributed by atoms with van der Waals surface area (Å²) in [5.74, 6) is 0.496. The number of likely N-dealkylation sites (tertiary alicyclic amines) is 1. The third kappa shape index (κ3) is 4.57. The Morgan fingerprint density at radius 3 is 2.58 bits per heavy atom. The van der Waals surface area contributed by atoms with E-state index in [9.17, 15) is 9.59 Å². The second kappa shape index (κ2) is 8.27. The predicted octanol–water partition coefficient (Wildman–Crippen LogP) is 2.91. The lowest BCUT2D eigenvalue weighted by Gasteiger charge is -2.17. The van der Waals surface area contributed by atoms with Crippen LogP contribution in [0.2, 0.25) is 0 Å². The van der Waals surface area contributed by atoms with Crippen molar-refractivity contribution in [3.05, 3.63) is 46.7 Å². The number of nitrogens with zero attached hydrogens (tertiary/aromatic N) is 3. The number of nitrogens with one attached hydrogen (secondary N) is 2. The summed E-state index contributed by atoms with van der Waals surface area (Å²) in [4.78, 5) is 34.3. The average molecular weight is 418 g/mol. The highest BCUT2D eigenvalue weighted by molar-refractivity contribution is 9.10. The van der Waals surface area contributed by atoms with Crippen LogP contribution >= 0.6 is 15.9 Å². The number of benzene rings is 1. The number of carbonyl (C=O) groups excluding carboxylic acids is 2. The fourth-order valence-electron chi connectivity index (χ4n) is 2.76. The summed E-state index contributed by atoms with van der Waals surface area (Å²) >= 11 is 3.31. The minimum absolute atomic E-state index is 0.0145. The van der Waals surface area contributed by atoms with Crippen LogP contribution in [0.3, 0.4) is 0 Å². The van der Waals surface area contributed by atoms with E-state index >= 15 is 0 Å². The molecule has 1 aromatic carbocycles. The molecule has 1 aliphatic rings. The van der Waals surface area contributed by atoms with E-state index in [0.717, 1.165) is 10.9 Å². The smallest absolute Gasteiger partial charge is 0.253 e. The van der Waals surface area contributed by atoms with Crippen molar-refractivity contribution in [2.75, 3.05) is 23.7 Å². The zero-order chi connectivity index (χ0) is 18.5. The zero-order valence-corrected chi connectivity index (χ0v) is 16.0.